The van der Waals surface area contributed by atoms with Gasteiger partial charge in [0, 0.05) is 36.7 Å². The third-order valence-electron chi connectivity index (χ3n) is 5.62. The average molecular weight is 393 g/mol. The smallest absolute Gasteiger partial charge is 0.228 e. The molecule has 5 rings (SSSR count). The number of hydrogen-bond donors (Lipinski definition) is 2. The molecule has 0 aromatic carbocycles. The lowest BCUT2D eigenvalue weighted by molar-refractivity contribution is 0.0681. The molecule has 1 aliphatic rings. The number of anilines is 1. The number of H-pyrrole nitrogens is 1. The molecule has 4 aromatic heterocycles. The van der Waals surface area contributed by atoms with E-state index in [1.807, 2.05) is 24.5 Å². The van der Waals surface area contributed by atoms with Crippen molar-refractivity contribution in [3.63, 3.8) is 0 Å². The van der Waals surface area contributed by atoms with Gasteiger partial charge < -0.3 is 19.8 Å². The van der Waals surface area contributed by atoms with Gasteiger partial charge in [-0.15, -0.1) is 0 Å². The fraction of sp³-hybridized carbons (Fsp3) is 0.400. The first-order valence-electron chi connectivity index (χ1n) is 9.77. The Morgan fingerprint density at radius 3 is 2.79 bits per heavy atom. The van der Waals surface area contributed by atoms with Gasteiger partial charge in [0.05, 0.1) is 18.6 Å². The topological polar surface area (TPSA) is 102 Å². The van der Waals surface area contributed by atoms with Gasteiger partial charge >= 0.3 is 0 Å². The van der Waals surface area contributed by atoms with Crippen molar-refractivity contribution in [1.82, 2.24) is 29.5 Å². The highest BCUT2D eigenvalue weighted by Gasteiger charge is 2.23. The number of aromatic nitrogens is 6. The summed E-state index contributed by atoms with van der Waals surface area (Å²) in [5.74, 6) is 1.12. The number of methoxy groups -OCH3 is 2. The molecule has 0 unspecified atom stereocenters. The molecule has 4 heterocycles. The highest BCUT2D eigenvalue weighted by Crippen LogP contribution is 2.34. The summed E-state index contributed by atoms with van der Waals surface area (Å²) < 4.78 is 12.8. The average Bonchev–Trinajstić information content (AvgIpc) is 3.40. The second kappa shape index (κ2) is 7.32. The predicted octanol–water partition coefficient (Wildman–Crippen LogP) is 3.05. The zero-order valence-electron chi connectivity index (χ0n) is 16.4. The second-order valence-electron chi connectivity index (χ2n) is 7.32. The molecule has 4 aromatic rings. The molecule has 2 N–H and O–H groups in total. The number of nitrogens with one attached hydrogen (secondary N) is 2. The summed E-state index contributed by atoms with van der Waals surface area (Å²) in [7, 11) is 3.41. The summed E-state index contributed by atoms with van der Waals surface area (Å²) in [5.41, 5.74) is 3.47. The second-order valence-corrected chi connectivity index (χ2v) is 7.32. The van der Waals surface area contributed by atoms with Crippen LogP contribution in [0.5, 0.6) is 5.88 Å². The van der Waals surface area contributed by atoms with E-state index in [1.54, 1.807) is 18.7 Å². The van der Waals surface area contributed by atoms with Crippen LogP contribution in [0.15, 0.2) is 30.9 Å². The van der Waals surface area contributed by atoms with Crippen LogP contribution in [-0.2, 0) is 4.74 Å². The van der Waals surface area contributed by atoms with Crippen molar-refractivity contribution >= 4 is 22.6 Å². The van der Waals surface area contributed by atoms with Gasteiger partial charge in [0.2, 0.25) is 11.8 Å². The number of hydrogen-bond acceptors (Lipinski definition) is 7. The van der Waals surface area contributed by atoms with Gasteiger partial charge in [-0.1, -0.05) is 0 Å². The Morgan fingerprint density at radius 2 is 2.00 bits per heavy atom. The fourth-order valence-electron chi connectivity index (χ4n) is 4.04. The van der Waals surface area contributed by atoms with E-state index >= 15 is 0 Å². The van der Waals surface area contributed by atoms with Crippen LogP contribution in [0.1, 0.15) is 25.7 Å². The quantitative estimate of drug-likeness (QED) is 0.537. The Kier molecular flexibility index (Phi) is 4.51. The lowest BCUT2D eigenvalue weighted by Crippen LogP contribution is -2.29. The van der Waals surface area contributed by atoms with Crippen LogP contribution in [0.25, 0.3) is 27.8 Å². The first-order chi connectivity index (χ1) is 14.2. The highest BCUT2D eigenvalue weighted by molar-refractivity contribution is 5.97. The van der Waals surface area contributed by atoms with Gasteiger partial charge in [0.1, 0.15) is 12.0 Å². The SMILES string of the molecule is COc1nc(N[C@H]2CC[C@@H](OC)CC2)nc2[nH]cc(-c3ccc4ncnn4c3)c12. The van der Waals surface area contributed by atoms with Gasteiger partial charge in [-0.3, -0.25) is 0 Å². The standard InChI is InChI=1S/C20H23N7O2/c1-28-14-6-4-13(5-7-14)24-20-25-18-17(19(26-20)29-2)15(9-21-18)12-3-8-16-22-11-23-27(16)10-12/h3,8-11,13-14H,4-7H2,1-2H3,(H2,21,24,25,26)/t13-,14+. The minimum atomic E-state index is 0.340. The number of aromatic amines is 1. The van der Waals surface area contributed by atoms with Crippen molar-refractivity contribution < 1.29 is 9.47 Å². The molecule has 9 nitrogen and oxygen atoms in total. The van der Waals surface area contributed by atoms with Crippen molar-refractivity contribution in [2.75, 3.05) is 19.5 Å². The molecule has 0 bridgehead atoms. The highest BCUT2D eigenvalue weighted by atomic mass is 16.5. The maximum Gasteiger partial charge on any atom is 0.228 e. The number of nitrogens with zero attached hydrogens (tertiary/aromatic N) is 5. The molecule has 150 valence electrons. The van der Waals surface area contributed by atoms with Gasteiger partial charge in [0.15, 0.2) is 5.65 Å². The largest absolute Gasteiger partial charge is 0.480 e. The molecule has 1 saturated carbocycles. The maximum absolute atomic E-state index is 5.62. The normalized spacial score (nSPS) is 19.7. The van der Waals surface area contributed by atoms with Crippen LogP contribution in [0, 0.1) is 0 Å². The van der Waals surface area contributed by atoms with Crippen LogP contribution in [-0.4, -0.2) is 55.9 Å². The zero-order chi connectivity index (χ0) is 19.8. The minimum absolute atomic E-state index is 0.340. The van der Waals surface area contributed by atoms with Gasteiger partial charge in [0.25, 0.3) is 0 Å². The number of rotatable bonds is 5. The van der Waals surface area contributed by atoms with Gasteiger partial charge in [-0.2, -0.15) is 15.1 Å². The van der Waals surface area contributed by atoms with E-state index in [-0.39, 0.29) is 0 Å². The van der Waals surface area contributed by atoms with Crippen molar-refractivity contribution in [3.05, 3.63) is 30.9 Å². The molecular formula is C20H23N7O2. The van der Waals surface area contributed by atoms with Crippen LogP contribution < -0.4 is 10.1 Å². The monoisotopic (exact) mass is 393 g/mol. The molecule has 1 fully saturated rings. The van der Waals surface area contributed by atoms with E-state index in [0.717, 1.165) is 53.5 Å². The molecule has 0 aliphatic heterocycles. The summed E-state index contributed by atoms with van der Waals surface area (Å²) in [6, 6.07) is 4.28. The molecule has 29 heavy (non-hydrogen) atoms. The lowest BCUT2D eigenvalue weighted by atomic mass is 9.93. The van der Waals surface area contributed by atoms with Gasteiger partial charge in [-0.05, 0) is 37.8 Å². The molecule has 1 aliphatic carbocycles. The van der Waals surface area contributed by atoms with E-state index in [0.29, 0.717) is 24.0 Å². The summed E-state index contributed by atoms with van der Waals surface area (Å²) in [5, 5.41) is 8.53. The fourth-order valence-corrected chi connectivity index (χ4v) is 4.04. The molecule has 0 radical (unpaired) electrons. The van der Waals surface area contributed by atoms with Crippen molar-refractivity contribution in [2.24, 2.45) is 0 Å². The first-order valence-corrected chi connectivity index (χ1v) is 9.77. The first kappa shape index (κ1) is 17.9. The molecule has 0 amide bonds. The van der Waals surface area contributed by atoms with E-state index in [2.05, 4.69) is 25.4 Å². The summed E-state index contributed by atoms with van der Waals surface area (Å²) in [6.07, 6.45) is 9.93. The van der Waals surface area contributed by atoms with Gasteiger partial charge in [-0.25, -0.2) is 9.50 Å². The molecule has 9 heteroatoms. The number of ether oxygens (including phenoxy) is 2. The maximum atomic E-state index is 5.62. The Bertz CT molecular complexity index is 1140. The third kappa shape index (κ3) is 3.27. The minimum Gasteiger partial charge on any atom is -0.480 e. The summed E-state index contributed by atoms with van der Waals surface area (Å²) >= 11 is 0. The predicted molar refractivity (Wildman–Crippen MR) is 109 cm³/mol. The van der Waals surface area contributed by atoms with Crippen LogP contribution in [0.3, 0.4) is 0 Å². The van der Waals surface area contributed by atoms with Crippen LogP contribution in [0.4, 0.5) is 5.95 Å². The number of fused-ring (bicyclic) bond motifs is 2. The summed E-state index contributed by atoms with van der Waals surface area (Å²) in [4.78, 5) is 16.8. The Morgan fingerprint density at radius 1 is 1.14 bits per heavy atom. The van der Waals surface area contributed by atoms with E-state index in [1.165, 1.54) is 6.33 Å². The number of pyridine rings is 1. The Labute approximate surface area is 167 Å². The summed E-state index contributed by atoms with van der Waals surface area (Å²) in [6.45, 7) is 0. The Hall–Kier alpha value is -3.20. The van der Waals surface area contributed by atoms with Crippen molar-refractivity contribution in [3.8, 4) is 17.0 Å². The molecule has 0 saturated heterocycles. The molecular weight excluding hydrogens is 370 g/mol. The van der Waals surface area contributed by atoms with Crippen molar-refractivity contribution in [1.29, 1.82) is 0 Å². The van der Waals surface area contributed by atoms with Crippen LogP contribution in [0.2, 0.25) is 0 Å². The zero-order valence-corrected chi connectivity index (χ0v) is 16.4. The molecule has 0 atom stereocenters. The lowest BCUT2D eigenvalue weighted by Gasteiger charge is -2.28. The Balaban J connectivity index is 1.47. The third-order valence-corrected chi connectivity index (χ3v) is 5.62. The van der Waals surface area contributed by atoms with E-state index < -0.39 is 0 Å². The van der Waals surface area contributed by atoms with Crippen LogP contribution >= 0.6 is 0 Å². The molecule has 0 spiro atoms. The van der Waals surface area contributed by atoms with E-state index in [4.69, 9.17) is 14.5 Å². The van der Waals surface area contributed by atoms with E-state index in [9.17, 15) is 0 Å². The van der Waals surface area contributed by atoms with Crippen molar-refractivity contribution in [2.45, 2.75) is 37.8 Å².